The van der Waals surface area contributed by atoms with Crippen molar-refractivity contribution in [3.05, 3.63) is 71.8 Å². The van der Waals surface area contributed by atoms with Gasteiger partial charge >= 0.3 is 0 Å². The van der Waals surface area contributed by atoms with Crippen molar-refractivity contribution in [3.8, 4) is 0 Å². The lowest BCUT2D eigenvalue weighted by molar-refractivity contribution is -0.121. The highest BCUT2D eigenvalue weighted by atomic mass is 32.2. The smallest absolute Gasteiger partial charge is 0.221 e. The summed E-state index contributed by atoms with van der Waals surface area (Å²) in [5.41, 5.74) is 1.91. The second kappa shape index (κ2) is 8.96. The lowest BCUT2D eigenvalue weighted by Crippen LogP contribution is -2.37. The molecule has 2 rings (SSSR count). The number of carbonyl (C=O) groups is 1. The molecule has 2 aromatic carbocycles. The third-order valence-corrected chi connectivity index (χ3v) is 5.73. The van der Waals surface area contributed by atoms with Gasteiger partial charge in [0.25, 0.3) is 0 Å². The number of nitrogens with zero attached hydrogens (tertiary/aromatic N) is 1. The van der Waals surface area contributed by atoms with Gasteiger partial charge in [0.2, 0.25) is 15.9 Å². The first kappa shape index (κ1) is 20.1. The molecule has 1 N–H and O–H groups in total. The highest BCUT2D eigenvalue weighted by molar-refractivity contribution is 7.88. The number of nitrogens with one attached hydrogen (secondary N) is 1. The van der Waals surface area contributed by atoms with E-state index < -0.39 is 10.0 Å². The average molecular weight is 375 g/mol. The summed E-state index contributed by atoms with van der Waals surface area (Å²) in [4.78, 5) is 12.3. The molecule has 0 saturated heterocycles. The van der Waals surface area contributed by atoms with E-state index in [4.69, 9.17) is 0 Å². The van der Waals surface area contributed by atoms with Crippen LogP contribution >= 0.6 is 0 Å². The fraction of sp³-hybridized carbons (Fsp3) is 0.350. The van der Waals surface area contributed by atoms with Crippen molar-refractivity contribution in [1.29, 1.82) is 0 Å². The standard InChI is InChI=1S/C20H26N2O3S/c1-16(18-10-6-4-7-11-18)21-20(23)14-15-22(26(3,24)25)17(2)19-12-8-5-9-13-19/h4-13,16-17H,14-15H2,1-3H3,(H,21,23). The second-order valence-electron chi connectivity index (χ2n) is 6.41. The molecule has 0 aliphatic carbocycles. The van der Waals surface area contributed by atoms with Crippen LogP contribution < -0.4 is 5.32 Å². The van der Waals surface area contributed by atoms with E-state index >= 15 is 0 Å². The molecule has 0 heterocycles. The topological polar surface area (TPSA) is 66.5 Å². The zero-order valence-electron chi connectivity index (χ0n) is 15.4. The van der Waals surface area contributed by atoms with Crippen LogP contribution in [0.15, 0.2) is 60.7 Å². The van der Waals surface area contributed by atoms with Gasteiger partial charge in [-0.25, -0.2) is 8.42 Å². The molecule has 2 aromatic rings. The third-order valence-electron chi connectivity index (χ3n) is 4.38. The van der Waals surface area contributed by atoms with E-state index in [0.29, 0.717) is 0 Å². The monoisotopic (exact) mass is 374 g/mol. The lowest BCUT2D eigenvalue weighted by atomic mass is 10.1. The first-order chi connectivity index (χ1) is 12.3. The van der Waals surface area contributed by atoms with E-state index in [-0.39, 0.29) is 31.0 Å². The zero-order valence-corrected chi connectivity index (χ0v) is 16.2. The third kappa shape index (κ3) is 5.68. The van der Waals surface area contributed by atoms with E-state index in [1.54, 1.807) is 0 Å². The van der Waals surface area contributed by atoms with Crippen LogP contribution in [0.1, 0.15) is 43.5 Å². The first-order valence-corrected chi connectivity index (χ1v) is 10.5. The van der Waals surface area contributed by atoms with Gasteiger partial charge in [-0.3, -0.25) is 4.79 Å². The molecule has 0 radical (unpaired) electrons. The normalized spacial score (nSPS) is 14.0. The van der Waals surface area contributed by atoms with Gasteiger partial charge in [-0.05, 0) is 25.0 Å². The van der Waals surface area contributed by atoms with Crippen molar-refractivity contribution in [2.75, 3.05) is 12.8 Å². The van der Waals surface area contributed by atoms with Gasteiger partial charge in [-0.1, -0.05) is 60.7 Å². The van der Waals surface area contributed by atoms with Crippen LogP contribution in [0.3, 0.4) is 0 Å². The van der Waals surface area contributed by atoms with E-state index in [1.807, 2.05) is 74.5 Å². The molecule has 0 spiro atoms. The van der Waals surface area contributed by atoms with Crippen molar-refractivity contribution in [3.63, 3.8) is 0 Å². The number of hydrogen-bond acceptors (Lipinski definition) is 3. The number of benzene rings is 2. The summed E-state index contributed by atoms with van der Waals surface area (Å²) in [5.74, 6) is -0.171. The lowest BCUT2D eigenvalue weighted by Gasteiger charge is -2.27. The molecule has 0 bridgehead atoms. The molecule has 0 fully saturated rings. The summed E-state index contributed by atoms with van der Waals surface area (Å²) in [7, 11) is -3.44. The Balaban J connectivity index is 2.00. The van der Waals surface area contributed by atoms with E-state index in [9.17, 15) is 13.2 Å². The maximum absolute atomic E-state index is 12.3. The van der Waals surface area contributed by atoms with Gasteiger partial charge in [0.1, 0.15) is 0 Å². The van der Waals surface area contributed by atoms with Gasteiger partial charge in [0.05, 0.1) is 12.3 Å². The van der Waals surface area contributed by atoms with Crippen LogP contribution in [0, 0.1) is 0 Å². The second-order valence-corrected chi connectivity index (χ2v) is 8.35. The molecule has 140 valence electrons. The maximum Gasteiger partial charge on any atom is 0.221 e. The Bertz CT molecular complexity index is 807. The van der Waals surface area contributed by atoms with Crippen LogP contribution in [-0.2, 0) is 14.8 Å². The average Bonchev–Trinajstić information content (AvgIpc) is 2.62. The molecule has 5 nitrogen and oxygen atoms in total. The number of amides is 1. The fourth-order valence-electron chi connectivity index (χ4n) is 2.89. The van der Waals surface area contributed by atoms with Gasteiger partial charge in [-0.2, -0.15) is 4.31 Å². The molecule has 6 heteroatoms. The van der Waals surface area contributed by atoms with Gasteiger partial charge < -0.3 is 5.32 Å². The summed E-state index contributed by atoms with van der Waals surface area (Å²) < 4.78 is 25.8. The summed E-state index contributed by atoms with van der Waals surface area (Å²) >= 11 is 0. The van der Waals surface area contributed by atoms with Crippen molar-refractivity contribution in [2.45, 2.75) is 32.4 Å². The molecule has 2 unspecified atom stereocenters. The highest BCUT2D eigenvalue weighted by Gasteiger charge is 2.25. The quantitative estimate of drug-likeness (QED) is 0.771. The molecule has 0 aliphatic rings. The number of carbonyl (C=O) groups excluding carboxylic acids is 1. The van der Waals surface area contributed by atoms with Crippen molar-refractivity contribution < 1.29 is 13.2 Å². The Morgan fingerprint density at radius 3 is 1.96 bits per heavy atom. The molecular weight excluding hydrogens is 348 g/mol. The SMILES string of the molecule is CC(NC(=O)CCN(C(C)c1ccccc1)S(C)(=O)=O)c1ccccc1. The Kier molecular flexibility index (Phi) is 6.94. The van der Waals surface area contributed by atoms with Crippen LogP contribution in [-0.4, -0.2) is 31.4 Å². The van der Waals surface area contributed by atoms with Gasteiger partial charge in [0, 0.05) is 19.0 Å². The largest absolute Gasteiger partial charge is 0.350 e. The Hall–Kier alpha value is -2.18. The van der Waals surface area contributed by atoms with E-state index in [0.717, 1.165) is 11.1 Å². The van der Waals surface area contributed by atoms with E-state index in [2.05, 4.69) is 5.32 Å². The molecule has 26 heavy (non-hydrogen) atoms. The summed E-state index contributed by atoms with van der Waals surface area (Å²) in [6.07, 6.45) is 1.29. The molecule has 2 atom stereocenters. The van der Waals surface area contributed by atoms with E-state index in [1.165, 1.54) is 10.6 Å². The highest BCUT2D eigenvalue weighted by Crippen LogP contribution is 2.23. The Morgan fingerprint density at radius 1 is 0.962 bits per heavy atom. The summed E-state index contributed by atoms with van der Waals surface area (Å²) in [5, 5.41) is 2.92. The predicted molar refractivity (Wildman–Crippen MR) is 104 cm³/mol. The summed E-state index contributed by atoms with van der Waals surface area (Å²) in [6.45, 7) is 3.89. The van der Waals surface area contributed by atoms with Crippen LogP contribution in [0.5, 0.6) is 0 Å². The minimum absolute atomic E-state index is 0.113. The minimum Gasteiger partial charge on any atom is -0.350 e. The zero-order chi connectivity index (χ0) is 19.2. The number of sulfonamides is 1. The van der Waals surface area contributed by atoms with Gasteiger partial charge in [0.15, 0.2) is 0 Å². The molecule has 0 aromatic heterocycles. The van der Waals surface area contributed by atoms with Crippen molar-refractivity contribution >= 4 is 15.9 Å². The van der Waals surface area contributed by atoms with Crippen molar-refractivity contribution in [2.24, 2.45) is 0 Å². The van der Waals surface area contributed by atoms with Crippen LogP contribution in [0.25, 0.3) is 0 Å². The Morgan fingerprint density at radius 2 is 1.46 bits per heavy atom. The van der Waals surface area contributed by atoms with Crippen LogP contribution in [0.4, 0.5) is 0 Å². The minimum atomic E-state index is -3.44. The number of rotatable bonds is 8. The van der Waals surface area contributed by atoms with Crippen molar-refractivity contribution in [1.82, 2.24) is 9.62 Å². The first-order valence-electron chi connectivity index (χ1n) is 8.65. The molecule has 0 aliphatic heterocycles. The fourth-order valence-corrected chi connectivity index (χ4v) is 4.01. The predicted octanol–water partition coefficient (Wildman–Crippen LogP) is 3.28. The van der Waals surface area contributed by atoms with Gasteiger partial charge in [-0.15, -0.1) is 0 Å². The summed E-state index contributed by atoms with van der Waals surface area (Å²) in [6, 6.07) is 18.6. The molecular formula is C20H26N2O3S. The molecule has 1 amide bonds. The maximum atomic E-state index is 12.3. The number of hydrogen-bond donors (Lipinski definition) is 1. The Labute approximate surface area is 156 Å². The van der Waals surface area contributed by atoms with Crippen LogP contribution in [0.2, 0.25) is 0 Å². The molecule has 0 saturated carbocycles.